The SMILES string of the molecule is CN1CCCC1C1CCCN1C(=O)Cc1cnn(-c2ccccc2)c1. The molecule has 0 saturated carbocycles. The van der Waals surface area contributed by atoms with Gasteiger partial charge in [0.25, 0.3) is 0 Å². The molecule has 0 spiro atoms. The normalized spacial score (nSPS) is 24.1. The van der Waals surface area contributed by atoms with Gasteiger partial charge in [-0.25, -0.2) is 4.68 Å². The molecule has 25 heavy (non-hydrogen) atoms. The Labute approximate surface area is 149 Å². The number of nitrogens with zero attached hydrogens (tertiary/aromatic N) is 4. The van der Waals surface area contributed by atoms with Crippen molar-refractivity contribution >= 4 is 5.91 Å². The Kier molecular flexibility index (Phi) is 4.57. The maximum Gasteiger partial charge on any atom is 0.227 e. The van der Waals surface area contributed by atoms with Crippen LogP contribution in [0.1, 0.15) is 31.2 Å². The largest absolute Gasteiger partial charge is 0.338 e. The van der Waals surface area contributed by atoms with Crippen LogP contribution in [0.15, 0.2) is 42.7 Å². The average molecular weight is 338 g/mol. The molecule has 0 N–H and O–H groups in total. The Morgan fingerprint density at radius 2 is 1.88 bits per heavy atom. The number of carbonyl (C=O) groups is 1. The van der Waals surface area contributed by atoms with Gasteiger partial charge in [0.1, 0.15) is 0 Å². The summed E-state index contributed by atoms with van der Waals surface area (Å²) in [4.78, 5) is 17.5. The van der Waals surface area contributed by atoms with Gasteiger partial charge in [-0.2, -0.15) is 5.10 Å². The van der Waals surface area contributed by atoms with Crippen molar-refractivity contribution < 1.29 is 4.79 Å². The fourth-order valence-corrected chi connectivity index (χ4v) is 4.37. The third kappa shape index (κ3) is 3.33. The van der Waals surface area contributed by atoms with E-state index in [0.717, 1.165) is 37.2 Å². The number of likely N-dealkylation sites (tertiary alicyclic amines) is 2. The van der Waals surface area contributed by atoms with E-state index in [1.807, 2.05) is 47.4 Å². The zero-order valence-corrected chi connectivity index (χ0v) is 14.8. The van der Waals surface area contributed by atoms with Crippen molar-refractivity contribution in [2.24, 2.45) is 0 Å². The van der Waals surface area contributed by atoms with Gasteiger partial charge in [0, 0.05) is 24.8 Å². The molecule has 4 rings (SSSR count). The number of hydrogen-bond donors (Lipinski definition) is 0. The number of hydrogen-bond acceptors (Lipinski definition) is 3. The number of rotatable bonds is 4. The van der Waals surface area contributed by atoms with Crippen molar-refractivity contribution in [2.75, 3.05) is 20.1 Å². The molecule has 2 unspecified atom stereocenters. The highest BCUT2D eigenvalue weighted by Crippen LogP contribution is 2.29. The van der Waals surface area contributed by atoms with Crippen molar-refractivity contribution in [1.29, 1.82) is 0 Å². The molecular formula is C20H26N4O. The van der Waals surface area contributed by atoms with E-state index in [9.17, 15) is 4.79 Å². The molecule has 0 radical (unpaired) electrons. The quantitative estimate of drug-likeness (QED) is 0.860. The molecule has 2 aliphatic rings. The standard InChI is InChI=1S/C20H26N4O/c1-22-11-5-9-18(22)19-10-6-12-23(19)20(25)13-16-14-21-24(15-16)17-7-3-2-4-8-17/h2-4,7-8,14-15,18-19H,5-6,9-13H2,1H3. The second-order valence-electron chi connectivity index (χ2n) is 7.29. The molecule has 5 heteroatoms. The predicted octanol–water partition coefficient (Wildman–Crippen LogP) is 2.50. The monoisotopic (exact) mass is 338 g/mol. The molecule has 2 fully saturated rings. The Balaban J connectivity index is 1.44. The van der Waals surface area contributed by atoms with Crippen LogP contribution in [-0.2, 0) is 11.2 Å². The van der Waals surface area contributed by atoms with Crippen molar-refractivity contribution in [3.63, 3.8) is 0 Å². The number of amides is 1. The Morgan fingerprint density at radius 1 is 1.12 bits per heavy atom. The second kappa shape index (κ2) is 7.00. The zero-order valence-electron chi connectivity index (χ0n) is 14.8. The number of aromatic nitrogens is 2. The molecule has 1 aromatic heterocycles. The van der Waals surface area contributed by atoms with Crippen LogP contribution in [0.25, 0.3) is 5.69 Å². The van der Waals surface area contributed by atoms with Gasteiger partial charge in [-0.15, -0.1) is 0 Å². The average Bonchev–Trinajstić information content (AvgIpc) is 3.35. The van der Waals surface area contributed by atoms with Gasteiger partial charge in [-0.05, 0) is 57.0 Å². The van der Waals surface area contributed by atoms with Crippen LogP contribution in [-0.4, -0.2) is 57.7 Å². The van der Waals surface area contributed by atoms with Gasteiger partial charge in [0.2, 0.25) is 5.91 Å². The summed E-state index contributed by atoms with van der Waals surface area (Å²) >= 11 is 0. The van der Waals surface area contributed by atoms with Crippen molar-refractivity contribution in [2.45, 2.75) is 44.2 Å². The molecular weight excluding hydrogens is 312 g/mol. The predicted molar refractivity (Wildman–Crippen MR) is 97.7 cm³/mol. The molecule has 2 saturated heterocycles. The highest BCUT2D eigenvalue weighted by atomic mass is 16.2. The fourth-order valence-electron chi connectivity index (χ4n) is 4.37. The lowest BCUT2D eigenvalue weighted by atomic mass is 10.0. The molecule has 2 aromatic rings. The molecule has 5 nitrogen and oxygen atoms in total. The lowest BCUT2D eigenvalue weighted by Gasteiger charge is -2.33. The maximum absolute atomic E-state index is 12.9. The van der Waals surface area contributed by atoms with Gasteiger partial charge >= 0.3 is 0 Å². The molecule has 0 bridgehead atoms. The molecule has 132 valence electrons. The summed E-state index contributed by atoms with van der Waals surface area (Å²) in [5.41, 5.74) is 2.01. The minimum atomic E-state index is 0.246. The second-order valence-corrected chi connectivity index (χ2v) is 7.29. The van der Waals surface area contributed by atoms with Crippen LogP contribution in [0.2, 0.25) is 0 Å². The summed E-state index contributed by atoms with van der Waals surface area (Å²) in [6.07, 6.45) is 8.98. The lowest BCUT2D eigenvalue weighted by molar-refractivity contribution is -0.132. The van der Waals surface area contributed by atoms with Crippen LogP contribution in [0.3, 0.4) is 0 Å². The molecule has 0 aliphatic carbocycles. The van der Waals surface area contributed by atoms with Crippen molar-refractivity contribution in [1.82, 2.24) is 19.6 Å². The van der Waals surface area contributed by atoms with Gasteiger partial charge in [0.15, 0.2) is 0 Å². The summed E-state index contributed by atoms with van der Waals surface area (Å²) in [7, 11) is 2.20. The number of carbonyl (C=O) groups excluding carboxylic acids is 1. The van der Waals surface area contributed by atoms with Crippen LogP contribution < -0.4 is 0 Å². The minimum absolute atomic E-state index is 0.246. The summed E-state index contributed by atoms with van der Waals surface area (Å²) in [6, 6.07) is 11.0. The summed E-state index contributed by atoms with van der Waals surface area (Å²) in [5.74, 6) is 0.246. The van der Waals surface area contributed by atoms with Crippen molar-refractivity contribution in [3.05, 3.63) is 48.3 Å². The third-order valence-corrected chi connectivity index (χ3v) is 5.65. The van der Waals surface area contributed by atoms with Crippen LogP contribution in [0.4, 0.5) is 0 Å². The Hall–Kier alpha value is -2.14. The molecule has 1 amide bonds. The molecule has 2 atom stereocenters. The third-order valence-electron chi connectivity index (χ3n) is 5.65. The van der Waals surface area contributed by atoms with E-state index < -0.39 is 0 Å². The van der Waals surface area contributed by atoms with Gasteiger partial charge in [0.05, 0.1) is 18.3 Å². The van der Waals surface area contributed by atoms with E-state index in [1.165, 1.54) is 12.8 Å². The van der Waals surface area contributed by atoms with Crippen LogP contribution >= 0.6 is 0 Å². The molecule has 1 aromatic carbocycles. The smallest absolute Gasteiger partial charge is 0.227 e. The number of likely N-dealkylation sites (N-methyl/N-ethyl adjacent to an activating group) is 1. The van der Waals surface area contributed by atoms with Crippen molar-refractivity contribution in [3.8, 4) is 5.69 Å². The van der Waals surface area contributed by atoms with E-state index in [1.54, 1.807) is 0 Å². The topological polar surface area (TPSA) is 41.4 Å². The molecule has 3 heterocycles. The first-order chi connectivity index (χ1) is 12.2. The Morgan fingerprint density at radius 3 is 2.64 bits per heavy atom. The van der Waals surface area contributed by atoms with Gasteiger partial charge in [-0.3, -0.25) is 4.79 Å². The van der Waals surface area contributed by atoms with Gasteiger partial charge in [-0.1, -0.05) is 18.2 Å². The number of benzene rings is 1. The van der Waals surface area contributed by atoms with E-state index in [4.69, 9.17) is 0 Å². The summed E-state index contributed by atoms with van der Waals surface area (Å²) in [5, 5.41) is 4.41. The first-order valence-electron chi connectivity index (χ1n) is 9.31. The highest BCUT2D eigenvalue weighted by molar-refractivity contribution is 5.79. The van der Waals surface area contributed by atoms with Crippen LogP contribution in [0, 0.1) is 0 Å². The zero-order chi connectivity index (χ0) is 17.2. The minimum Gasteiger partial charge on any atom is -0.338 e. The van der Waals surface area contributed by atoms with E-state index in [0.29, 0.717) is 18.5 Å². The number of para-hydroxylation sites is 1. The van der Waals surface area contributed by atoms with Crippen LogP contribution in [0.5, 0.6) is 0 Å². The van der Waals surface area contributed by atoms with E-state index in [2.05, 4.69) is 21.9 Å². The Bertz CT molecular complexity index is 726. The first kappa shape index (κ1) is 16.3. The van der Waals surface area contributed by atoms with E-state index in [-0.39, 0.29) is 5.91 Å². The summed E-state index contributed by atoms with van der Waals surface area (Å²) in [6.45, 7) is 2.06. The molecule has 2 aliphatic heterocycles. The lowest BCUT2D eigenvalue weighted by Crippen LogP contribution is -2.47. The van der Waals surface area contributed by atoms with E-state index >= 15 is 0 Å². The maximum atomic E-state index is 12.9. The van der Waals surface area contributed by atoms with Gasteiger partial charge < -0.3 is 9.80 Å². The first-order valence-corrected chi connectivity index (χ1v) is 9.31. The highest BCUT2D eigenvalue weighted by Gasteiger charge is 2.38. The fraction of sp³-hybridized carbons (Fsp3) is 0.500. The summed E-state index contributed by atoms with van der Waals surface area (Å²) < 4.78 is 1.84.